The van der Waals surface area contributed by atoms with Gasteiger partial charge in [-0.15, -0.1) is 0 Å². The highest BCUT2D eigenvalue weighted by atomic mass is 16.5. The Kier molecular flexibility index (Phi) is 3.98. The lowest BCUT2D eigenvalue weighted by atomic mass is 10.2. The van der Waals surface area contributed by atoms with Crippen LogP contribution in [0.25, 0.3) is 12.2 Å². The van der Waals surface area contributed by atoms with Crippen molar-refractivity contribution in [1.82, 2.24) is 5.06 Å². The Bertz CT molecular complexity index is 678. The van der Waals surface area contributed by atoms with E-state index in [0.717, 1.165) is 23.5 Å². The molecule has 1 aliphatic carbocycles. The van der Waals surface area contributed by atoms with Gasteiger partial charge in [-0.2, -0.15) is 0 Å². The normalized spacial score (nSPS) is 20.2. The molecule has 0 spiro atoms. The topological polar surface area (TPSA) is 79.7 Å². The first-order valence-corrected chi connectivity index (χ1v) is 7.22. The molecule has 0 radical (unpaired) electrons. The van der Waals surface area contributed by atoms with Gasteiger partial charge in [0.25, 0.3) is 0 Å². The fourth-order valence-corrected chi connectivity index (χ4v) is 2.51. The predicted octanol–water partition coefficient (Wildman–Crippen LogP) is 3.32. The van der Waals surface area contributed by atoms with E-state index in [-0.39, 0.29) is 18.4 Å². The van der Waals surface area contributed by atoms with Gasteiger partial charge in [0.2, 0.25) is 0 Å². The molecule has 114 valence electrons. The van der Waals surface area contributed by atoms with Gasteiger partial charge in [0.05, 0.1) is 6.54 Å². The fraction of sp³-hybridized carbons (Fsp3) is 0.235. The number of furan rings is 1. The molecule has 0 unspecified atom stereocenters. The van der Waals surface area contributed by atoms with Crippen LogP contribution in [0.4, 0.5) is 4.79 Å². The minimum atomic E-state index is -0.823. The molecule has 2 atom stereocenters. The van der Waals surface area contributed by atoms with Crippen molar-refractivity contribution < 1.29 is 14.4 Å². The second kappa shape index (κ2) is 6.07. The summed E-state index contributed by atoms with van der Waals surface area (Å²) in [7, 11) is 0. The average Bonchev–Trinajstić information content (AvgIpc) is 3.12. The lowest BCUT2D eigenvalue weighted by Gasteiger charge is -2.10. The van der Waals surface area contributed by atoms with E-state index < -0.39 is 6.03 Å². The second-order valence-corrected chi connectivity index (χ2v) is 5.51. The first-order chi connectivity index (χ1) is 10.6. The van der Waals surface area contributed by atoms with Crippen molar-refractivity contribution in [2.75, 3.05) is 6.54 Å². The molecule has 1 aromatic carbocycles. The second-order valence-electron chi connectivity index (χ2n) is 5.51. The predicted molar refractivity (Wildman–Crippen MR) is 83.0 cm³/mol. The van der Waals surface area contributed by atoms with E-state index in [0.29, 0.717) is 5.06 Å². The summed E-state index contributed by atoms with van der Waals surface area (Å²) in [6.07, 6.45) is 4.81. The summed E-state index contributed by atoms with van der Waals surface area (Å²) in [6, 6.07) is 13.1. The summed E-state index contributed by atoms with van der Waals surface area (Å²) in [5.41, 5.74) is 6.11. The molecule has 3 N–H and O–H groups in total. The Morgan fingerprint density at radius 3 is 2.77 bits per heavy atom. The maximum Gasteiger partial charge on any atom is 0.338 e. The van der Waals surface area contributed by atoms with Crippen molar-refractivity contribution in [1.29, 1.82) is 0 Å². The zero-order valence-electron chi connectivity index (χ0n) is 12.1. The third kappa shape index (κ3) is 3.38. The van der Waals surface area contributed by atoms with Gasteiger partial charge < -0.3 is 10.2 Å². The number of rotatable bonds is 5. The van der Waals surface area contributed by atoms with Crippen molar-refractivity contribution in [2.24, 2.45) is 11.7 Å². The minimum absolute atomic E-state index is 0.203. The Labute approximate surface area is 128 Å². The average molecular weight is 298 g/mol. The first-order valence-electron chi connectivity index (χ1n) is 7.22. The molecule has 22 heavy (non-hydrogen) atoms. The highest BCUT2D eigenvalue weighted by Crippen LogP contribution is 2.48. The Hall–Kier alpha value is -2.53. The minimum Gasteiger partial charge on any atom is -0.461 e. The zero-order valence-corrected chi connectivity index (χ0v) is 12.1. The molecule has 5 heteroatoms. The van der Waals surface area contributed by atoms with Crippen LogP contribution in [0, 0.1) is 5.92 Å². The van der Waals surface area contributed by atoms with Gasteiger partial charge in [0.15, 0.2) is 0 Å². The van der Waals surface area contributed by atoms with Crippen LogP contribution in [0.5, 0.6) is 0 Å². The van der Waals surface area contributed by atoms with Crippen molar-refractivity contribution in [3.63, 3.8) is 0 Å². The molecule has 0 bridgehead atoms. The van der Waals surface area contributed by atoms with E-state index in [2.05, 4.69) is 0 Å². The van der Waals surface area contributed by atoms with Gasteiger partial charge in [-0.25, -0.2) is 9.86 Å². The van der Waals surface area contributed by atoms with Crippen molar-refractivity contribution >= 4 is 18.2 Å². The number of amides is 2. The van der Waals surface area contributed by atoms with Crippen molar-refractivity contribution in [3.8, 4) is 0 Å². The summed E-state index contributed by atoms with van der Waals surface area (Å²) < 4.78 is 5.80. The van der Waals surface area contributed by atoms with Crippen LogP contribution in [0.3, 0.4) is 0 Å². The molecule has 1 heterocycles. The van der Waals surface area contributed by atoms with Crippen LogP contribution in [0.2, 0.25) is 0 Å². The Morgan fingerprint density at radius 2 is 2.05 bits per heavy atom. The van der Waals surface area contributed by atoms with Gasteiger partial charge in [0.1, 0.15) is 11.5 Å². The Morgan fingerprint density at radius 1 is 1.27 bits per heavy atom. The third-order valence-corrected chi connectivity index (χ3v) is 3.84. The summed E-state index contributed by atoms with van der Waals surface area (Å²) in [5, 5.41) is 9.89. The largest absolute Gasteiger partial charge is 0.461 e. The summed E-state index contributed by atoms with van der Waals surface area (Å²) in [6.45, 7) is 0.246. The van der Waals surface area contributed by atoms with Gasteiger partial charge in [0, 0.05) is 5.92 Å². The van der Waals surface area contributed by atoms with Crippen LogP contribution in [0.1, 0.15) is 29.4 Å². The molecule has 1 saturated carbocycles. The summed E-state index contributed by atoms with van der Waals surface area (Å²) in [5.74, 6) is 2.12. The highest BCUT2D eigenvalue weighted by molar-refractivity contribution is 5.70. The molecule has 1 aromatic heterocycles. The number of benzene rings is 1. The molecule has 2 aromatic rings. The molecule has 1 fully saturated rings. The van der Waals surface area contributed by atoms with E-state index in [1.807, 2.05) is 54.6 Å². The van der Waals surface area contributed by atoms with Crippen LogP contribution in [-0.4, -0.2) is 22.8 Å². The standard InChI is InChI=1S/C17H18N2O3/c18-17(20)19(21)11-13-10-15(13)16-9-8-14(22-16)7-6-12-4-2-1-3-5-12/h1-9,13,15,21H,10-11H2,(H2,18,20)/t13-,15+/m0/s1. The molecular formula is C17H18N2O3. The quantitative estimate of drug-likeness (QED) is 0.656. The van der Waals surface area contributed by atoms with Crippen LogP contribution < -0.4 is 5.73 Å². The maximum absolute atomic E-state index is 10.8. The van der Waals surface area contributed by atoms with Gasteiger partial charge in [-0.1, -0.05) is 36.4 Å². The summed E-state index contributed by atoms with van der Waals surface area (Å²) in [4.78, 5) is 10.8. The van der Waals surface area contributed by atoms with Gasteiger partial charge in [-0.3, -0.25) is 5.21 Å². The number of primary amides is 1. The van der Waals surface area contributed by atoms with Crippen LogP contribution >= 0.6 is 0 Å². The first kappa shape index (κ1) is 14.4. The lowest BCUT2D eigenvalue weighted by Crippen LogP contribution is -2.34. The van der Waals surface area contributed by atoms with E-state index >= 15 is 0 Å². The van der Waals surface area contributed by atoms with E-state index in [4.69, 9.17) is 10.2 Å². The monoisotopic (exact) mass is 298 g/mol. The molecular weight excluding hydrogens is 280 g/mol. The molecule has 1 aliphatic rings. The molecule has 0 saturated heterocycles. The SMILES string of the molecule is NC(=O)N(O)C[C@@H]1C[C@H]1c1ccc(C=Cc2ccccc2)o1. The number of carbonyl (C=O) groups is 1. The number of nitrogens with two attached hydrogens (primary N) is 1. The molecule has 0 aliphatic heterocycles. The molecule has 5 nitrogen and oxygen atoms in total. The molecule has 2 amide bonds. The lowest BCUT2D eigenvalue weighted by molar-refractivity contribution is -0.0433. The smallest absolute Gasteiger partial charge is 0.338 e. The fourth-order valence-electron chi connectivity index (χ4n) is 2.51. The zero-order chi connectivity index (χ0) is 15.5. The number of urea groups is 1. The van der Waals surface area contributed by atoms with Crippen LogP contribution in [-0.2, 0) is 0 Å². The number of hydrogen-bond acceptors (Lipinski definition) is 3. The Balaban J connectivity index is 1.59. The van der Waals surface area contributed by atoms with Gasteiger partial charge >= 0.3 is 6.03 Å². The van der Waals surface area contributed by atoms with E-state index in [1.165, 1.54) is 0 Å². The van der Waals surface area contributed by atoms with Crippen LogP contribution in [0.15, 0.2) is 46.9 Å². The number of hydrogen-bond donors (Lipinski definition) is 2. The molecule has 3 rings (SSSR count). The van der Waals surface area contributed by atoms with Crippen molar-refractivity contribution in [2.45, 2.75) is 12.3 Å². The third-order valence-electron chi connectivity index (χ3n) is 3.84. The van der Waals surface area contributed by atoms with Crippen molar-refractivity contribution in [3.05, 3.63) is 59.5 Å². The van der Waals surface area contributed by atoms with E-state index in [1.54, 1.807) is 0 Å². The van der Waals surface area contributed by atoms with Gasteiger partial charge in [-0.05, 0) is 36.1 Å². The number of hydroxylamine groups is 2. The highest BCUT2D eigenvalue weighted by Gasteiger charge is 2.42. The number of nitrogens with zero attached hydrogens (tertiary/aromatic N) is 1. The maximum atomic E-state index is 10.8. The summed E-state index contributed by atoms with van der Waals surface area (Å²) >= 11 is 0. The van der Waals surface area contributed by atoms with E-state index in [9.17, 15) is 10.0 Å². The number of carbonyl (C=O) groups excluding carboxylic acids is 1.